The smallest absolute Gasteiger partial charge is 0.199 e. The molecule has 5 nitrogen and oxygen atoms in total. The summed E-state index contributed by atoms with van der Waals surface area (Å²) in [5, 5.41) is 0. The van der Waals surface area contributed by atoms with Gasteiger partial charge in [0, 0.05) is 12.4 Å². The molecule has 0 bridgehead atoms. The largest absolute Gasteiger partial charge is 0.383 e. The van der Waals surface area contributed by atoms with Gasteiger partial charge in [-0.2, -0.15) is 0 Å². The first-order chi connectivity index (χ1) is 7.58. The number of nitrogens with zero attached hydrogens (tertiary/aromatic N) is 4. The number of hydrogen-bond acceptors (Lipinski definition) is 5. The molecule has 0 radical (unpaired) electrons. The zero-order chi connectivity index (χ0) is 11.7. The van der Waals surface area contributed by atoms with Crippen molar-refractivity contribution in [3.8, 4) is 11.6 Å². The van der Waals surface area contributed by atoms with Crippen LogP contribution in [0.15, 0.2) is 12.4 Å². The molecular formula is C10H10IN5. The van der Waals surface area contributed by atoms with E-state index in [1.807, 2.05) is 13.8 Å². The Kier molecular flexibility index (Phi) is 2.99. The molecule has 6 heteroatoms. The Hall–Kier alpha value is -1.31. The van der Waals surface area contributed by atoms with Gasteiger partial charge in [0.05, 0.1) is 9.26 Å². The fourth-order valence-electron chi connectivity index (χ4n) is 1.19. The highest BCUT2D eigenvalue weighted by Crippen LogP contribution is 2.19. The Balaban J connectivity index is 2.52. The minimum absolute atomic E-state index is 0.465. The third-order valence-electron chi connectivity index (χ3n) is 2.02. The lowest BCUT2D eigenvalue weighted by atomic mass is 10.3. The molecule has 0 saturated heterocycles. The summed E-state index contributed by atoms with van der Waals surface area (Å²) in [5.41, 5.74) is 7.61. The lowest BCUT2D eigenvalue weighted by Gasteiger charge is -2.04. The number of halogens is 1. The summed E-state index contributed by atoms with van der Waals surface area (Å²) in [5.74, 6) is 1.43. The molecule has 2 N–H and O–H groups in total. The normalized spacial score (nSPS) is 10.4. The molecule has 0 atom stereocenters. The van der Waals surface area contributed by atoms with Gasteiger partial charge in [0.25, 0.3) is 0 Å². The molecule has 2 rings (SSSR count). The van der Waals surface area contributed by atoms with E-state index in [1.165, 1.54) is 0 Å². The fourth-order valence-corrected chi connectivity index (χ4v) is 1.43. The van der Waals surface area contributed by atoms with Crippen molar-refractivity contribution in [3.63, 3.8) is 0 Å². The molecule has 0 spiro atoms. The number of aryl methyl sites for hydroxylation is 2. The highest BCUT2D eigenvalue weighted by Gasteiger charge is 2.10. The van der Waals surface area contributed by atoms with E-state index in [0.29, 0.717) is 17.5 Å². The van der Waals surface area contributed by atoms with Crippen molar-refractivity contribution in [1.82, 2.24) is 19.9 Å². The van der Waals surface area contributed by atoms with Crippen LogP contribution in [0.25, 0.3) is 11.6 Å². The van der Waals surface area contributed by atoms with Crippen molar-refractivity contribution in [2.24, 2.45) is 0 Å². The lowest BCUT2D eigenvalue weighted by Crippen LogP contribution is -2.04. The molecule has 2 aromatic rings. The molecular weight excluding hydrogens is 317 g/mol. The number of nitrogen functional groups attached to an aromatic ring is 1. The van der Waals surface area contributed by atoms with Crippen molar-refractivity contribution in [1.29, 1.82) is 0 Å². The molecule has 0 unspecified atom stereocenters. The molecule has 16 heavy (non-hydrogen) atoms. The quantitative estimate of drug-likeness (QED) is 0.807. The maximum atomic E-state index is 5.77. The topological polar surface area (TPSA) is 77.6 Å². The van der Waals surface area contributed by atoms with E-state index in [-0.39, 0.29) is 0 Å². The summed E-state index contributed by atoms with van der Waals surface area (Å²) in [6, 6.07) is 0. The van der Waals surface area contributed by atoms with Gasteiger partial charge in [-0.1, -0.05) is 0 Å². The van der Waals surface area contributed by atoms with Crippen LogP contribution in [0, 0.1) is 17.4 Å². The van der Waals surface area contributed by atoms with Gasteiger partial charge in [0.2, 0.25) is 0 Å². The fraction of sp³-hybridized carbons (Fsp3) is 0.200. The van der Waals surface area contributed by atoms with Crippen LogP contribution in [0.3, 0.4) is 0 Å². The first-order valence-corrected chi connectivity index (χ1v) is 5.74. The van der Waals surface area contributed by atoms with Gasteiger partial charge >= 0.3 is 0 Å². The Morgan fingerprint density at radius 1 is 1.06 bits per heavy atom. The number of hydrogen-bond donors (Lipinski definition) is 1. The summed E-state index contributed by atoms with van der Waals surface area (Å²) in [6.45, 7) is 3.82. The summed E-state index contributed by atoms with van der Waals surface area (Å²) < 4.78 is 0.869. The van der Waals surface area contributed by atoms with E-state index in [9.17, 15) is 0 Å². The lowest BCUT2D eigenvalue weighted by molar-refractivity contribution is 1.03. The number of nitrogens with two attached hydrogens (primary N) is 1. The maximum absolute atomic E-state index is 5.77. The van der Waals surface area contributed by atoms with Crippen LogP contribution in [0.5, 0.6) is 0 Å². The first kappa shape index (κ1) is 11.2. The molecule has 0 fully saturated rings. The third kappa shape index (κ3) is 2.11. The zero-order valence-electron chi connectivity index (χ0n) is 8.90. The molecule has 0 aliphatic carbocycles. The molecule has 0 amide bonds. The minimum atomic E-state index is 0.465. The molecule has 82 valence electrons. The van der Waals surface area contributed by atoms with Gasteiger partial charge in [-0.25, -0.2) is 19.9 Å². The molecule has 0 aliphatic heterocycles. The Morgan fingerprint density at radius 2 is 1.69 bits per heavy atom. The highest BCUT2D eigenvalue weighted by molar-refractivity contribution is 14.1. The molecule has 0 aromatic carbocycles. The van der Waals surface area contributed by atoms with Gasteiger partial charge in [0.1, 0.15) is 5.82 Å². The van der Waals surface area contributed by atoms with Gasteiger partial charge in [-0.05, 0) is 42.0 Å². The van der Waals surface area contributed by atoms with Gasteiger partial charge in [-0.15, -0.1) is 0 Å². The van der Waals surface area contributed by atoms with E-state index in [2.05, 4.69) is 42.5 Å². The second-order valence-corrected chi connectivity index (χ2v) is 4.49. The van der Waals surface area contributed by atoms with Crippen LogP contribution in [0.2, 0.25) is 0 Å². The van der Waals surface area contributed by atoms with Crippen molar-refractivity contribution in [3.05, 3.63) is 27.2 Å². The van der Waals surface area contributed by atoms with Crippen molar-refractivity contribution >= 4 is 28.4 Å². The van der Waals surface area contributed by atoms with Crippen LogP contribution in [-0.4, -0.2) is 19.9 Å². The van der Waals surface area contributed by atoms with Crippen LogP contribution >= 0.6 is 22.6 Å². The van der Waals surface area contributed by atoms with Crippen LogP contribution in [0.4, 0.5) is 5.82 Å². The highest BCUT2D eigenvalue weighted by atomic mass is 127. The Labute approximate surface area is 107 Å². The molecule has 2 aromatic heterocycles. The van der Waals surface area contributed by atoms with Crippen molar-refractivity contribution in [2.75, 3.05) is 5.73 Å². The monoisotopic (exact) mass is 327 g/mol. The predicted octanol–water partition coefficient (Wildman–Crippen LogP) is 1.74. The van der Waals surface area contributed by atoms with Crippen LogP contribution in [0.1, 0.15) is 11.3 Å². The standard InChI is InChI=1S/C10H10IN5/c1-5-3-13-9(14-4-5)10-15-6(2)7(11)8(12)16-10/h3-4H,1-2H3,(H2,12,15,16). The number of rotatable bonds is 1. The van der Waals surface area contributed by atoms with Gasteiger partial charge < -0.3 is 5.73 Å². The minimum Gasteiger partial charge on any atom is -0.383 e. The first-order valence-electron chi connectivity index (χ1n) is 4.66. The summed E-state index contributed by atoms with van der Waals surface area (Å²) in [6.07, 6.45) is 3.46. The van der Waals surface area contributed by atoms with Gasteiger partial charge in [-0.3, -0.25) is 0 Å². The van der Waals surface area contributed by atoms with Crippen LogP contribution in [-0.2, 0) is 0 Å². The summed E-state index contributed by atoms with van der Waals surface area (Å²) in [4.78, 5) is 16.8. The summed E-state index contributed by atoms with van der Waals surface area (Å²) in [7, 11) is 0. The molecule has 0 saturated carbocycles. The van der Waals surface area contributed by atoms with E-state index in [0.717, 1.165) is 14.8 Å². The van der Waals surface area contributed by atoms with E-state index in [4.69, 9.17) is 5.73 Å². The third-order valence-corrected chi connectivity index (χ3v) is 3.36. The Morgan fingerprint density at radius 3 is 2.25 bits per heavy atom. The van der Waals surface area contributed by atoms with Crippen molar-refractivity contribution in [2.45, 2.75) is 13.8 Å². The average molecular weight is 327 g/mol. The number of anilines is 1. The van der Waals surface area contributed by atoms with Gasteiger partial charge in [0.15, 0.2) is 11.6 Å². The Bertz CT molecular complexity index is 500. The van der Waals surface area contributed by atoms with Crippen molar-refractivity contribution < 1.29 is 0 Å². The predicted molar refractivity (Wildman–Crippen MR) is 69.7 cm³/mol. The van der Waals surface area contributed by atoms with E-state index >= 15 is 0 Å². The van der Waals surface area contributed by atoms with E-state index in [1.54, 1.807) is 12.4 Å². The maximum Gasteiger partial charge on any atom is 0.199 e. The number of aromatic nitrogens is 4. The molecule has 0 aliphatic rings. The second-order valence-electron chi connectivity index (χ2n) is 3.42. The zero-order valence-corrected chi connectivity index (χ0v) is 11.1. The SMILES string of the molecule is Cc1cnc(-c2nc(C)c(I)c(N)n2)nc1. The van der Waals surface area contributed by atoms with E-state index < -0.39 is 0 Å². The summed E-state index contributed by atoms with van der Waals surface area (Å²) >= 11 is 2.12. The molecule has 2 heterocycles. The average Bonchev–Trinajstić information content (AvgIpc) is 2.26. The second kappa shape index (κ2) is 4.28. The van der Waals surface area contributed by atoms with Crippen LogP contribution < -0.4 is 5.73 Å².